The number of nitrogens with zero attached hydrogens (tertiary/aromatic N) is 1. The van der Waals surface area contributed by atoms with Gasteiger partial charge in [0.2, 0.25) is 0 Å². The lowest BCUT2D eigenvalue weighted by atomic mass is 9.78. The van der Waals surface area contributed by atoms with E-state index >= 15 is 0 Å². The molecule has 0 unspecified atom stereocenters. The number of allylic oxidation sites excluding steroid dienone is 2. The predicted octanol–water partition coefficient (Wildman–Crippen LogP) is 7.17. The van der Waals surface area contributed by atoms with E-state index in [0.29, 0.717) is 6.54 Å². The van der Waals surface area contributed by atoms with Crippen molar-refractivity contribution in [3.63, 3.8) is 0 Å². The van der Waals surface area contributed by atoms with Crippen LogP contribution < -0.4 is 10.6 Å². The summed E-state index contributed by atoms with van der Waals surface area (Å²) >= 11 is 1.91. The van der Waals surface area contributed by atoms with Gasteiger partial charge in [0, 0.05) is 22.7 Å². The highest BCUT2D eigenvalue weighted by atomic mass is 32.2. The van der Waals surface area contributed by atoms with E-state index in [0.717, 1.165) is 5.88 Å². The zero-order valence-electron chi connectivity index (χ0n) is 19.3. The average molecular weight is 409 g/mol. The summed E-state index contributed by atoms with van der Waals surface area (Å²) in [5.41, 5.74) is 15.5. The molecule has 156 valence electrons. The van der Waals surface area contributed by atoms with Crippen molar-refractivity contribution in [1.82, 2.24) is 0 Å². The molecule has 0 bridgehead atoms. The van der Waals surface area contributed by atoms with Crippen molar-refractivity contribution in [2.24, 2.45) is 5.73 Å². The van der Waals surface area contributed by atoms with Crippen LogP contribution in [0.4, 0.5) is 5.69 Å². The molecule has 2 aromatic rings. The van der Waals surface area contributed by atoms with Crippen LogP contribution in [-0.4, -0.2) is 5.88 Å². The van der Waals surface area contributed by atoms with Crippen LogP contribution in [0.5, 0.6) is 0 Å². The predicted molar refractivity (Wildman–Crippen MR) is 130 cm³/mol. The largest absolute Gasteiger partial charge is 0.334 e. The second kappa shape index (κ2) is 7.85. The van der Waals surface area contributed by atoms with Gasteiger partial charge in [0.15, 0.2) is 0 Å². The summed E-state index contributed by atoms with van der Waals surface area (Å²) in [6.45, 7) is 18.7. The normalized spacial score (nSPS) is 15.4. The van der Waals surface area contributed by atoms with E-state index in [1.165, 1.54) is 44.1 Å². The van der Waals surface area contributed by atoms with Crippen LogP contribution in [0.1, 0.15) is 72.1 Å². The Morgan fingerprint density at radius 2 is 1.52 bits per heavy atom. The number of hydrogen-bond donors (Lipinski definition) is 1. The topological polar surface area (TPSA) is 29.3 Å². The van der Waals surface area contributed by atoms with Crippen molar-refractivity contribution < 1.29 is 0 Å². The van der Waals surface area contributed by atoms with Gasteiger partial charge in [-0.1, -0.05) is 77.9 Å². The van der Waals surface area contributed by atoms with Crippen LogP contribution in [0.2, 0.25) is 0 Å². The monoisotopic (exact) mass is 408 g/mol. The number of thioether (sulfide) groups is 1. The Labute approximate surface area is 181 Å². The maximum absolute atomic E-state index is 6.19. The molecular formula is C26H36N2S. The Kier molecular flexibility index (Phi) is 5.95. The average Bonchev–Trinajstić information content (AvgIpc) is 2.98. The summed E-state index contributed by atoms with van der Waals surface area (Å²) in [6.07, 6.45) is 0. The van der Waals surface area contributed by atoms with Crippen LogP contribution in [0.15, 0.2) is 47.0 Å². The summed E-state index contributed by atoms with van der Waals surface area (Å²) in [5, 5.41) is 0. The third-order valence-corrected chi connectivity index (χ3v) is 7.03. The third-order valence-electron chi connectivity index (χ3n) is 5.91. The molecule has 2 nitrogen and oxygen atoms in total. The van der Waals surface area contributed by atoms with Gasteiger partial charge in [-0.05, 0) is 46.9 Å². The first-order chi connectivity index (χ1) is 13.4. The van der Waals surface area contributed by atoms with Crippen molar-refractivity contribution in [3.8, 4) is 11.1 Å². The molecule has 1 aliphatic rings. The van der Waals surface area contributed by atoms with Crippen molar-refractivity contribution >= 4 is 17.4 Å². The van der Waals surface area contributed by atoms with Gasteiger partial charge in [-0.2, -0.15) is 0 Å². The lowest BCUT2D eigenvalue weighted by Crippen LogP contribution is -2.20. The molecule has 0 radical (unpaired) electrons. The molecule has 0 amide bonds. The van der Waals surface area contributed by atoms with Gasteiger partial charge < -0.3 is 10.6 Å². The highest BCUT2D eigenvalue weighted by Crippen LogP contribution is 2.43. The zero-order valence-corrected chi connectivity index (χ0v) is 20.1. The minimum Gasteiger partial charge on any atom is -0.334 e. The highest BCUT2D eigenvalue weighted by Gasteiger charge is 2.26. The van der Waals surface area contributed by atoms with Crippen molar-refractivity contribution in [1.29, 1.82) is 0 Å². The first-order valence-corrected chi connectivity index (χ1v) is 11.5. The first-order valence-electron chi connectivity index (χ1n) is 10.5. The first kappa shape index (κ1) is 22.0. The van der Waals surface area contributed by atoms with Gasteiger partial charge in [0.1, 0.15) is 0 Å². The third kappa shape index (κ3) is 4.41. The van der Waals surface area contributed by atoms with E-state index in [9.17, 15) is 0 Å². The molecule has 0 spiro atoms. The van der Waals surface area contributed by atoms with Crippen LogP contribution in [0, 0.1) is 0 Å². The smallest absolute Gasteiger partial charge is 0.0729 e. The quantitative estimate of drug-likeness (QED) is 0.583. The Morgan fingerprint density at radius 1 is 0.931 bits per heavy atom. The summed E-state index contributed by atoms with van der Waals surface area (Å²) in [4.78, 5) is 3.83. The molecular weight excluding hydrogens is 372 g/mol. The van der Waals surface area contributed by atoms with E-state index in [-0.39, 0.29) is 10.8 Å². The minimum absolute atomic E-state index is 0.0948. The number of benzene rings is 2. The molecule has 2 aromatic carbocycles. The number of hydrogen-bond acceptors (Lipinski definition) is 3. The van der Waals surface area contributed by atoms with E-state index in [1.54, 1.807) is 0 Å². The van der Waals surface area contributed by atoms with Crippen LogP contribution in [-0.2, 0) is 17.4 Å². The van der Waals surface area contributed by atoms with E-state index in [2.05, 4.69) is 96.7 Å². The van der Waals surface area contributed by atoms with Crippen molar-refractivity contribution in [2.45, 2.75) is 72.8 Å². The fourth-order valence-corrected chi connectivity index (χ4v) is 4.71. The summed E-state index contributed by atoms with van der Waals surface area (Å²) in [6, 6.07) is 13.7. The Balaban J connectivity index is 2.29. The second-order valence-electron chi connectivity index (χ2n) is 10.2. The molecule has 3 rings (SSSR count). The lowest BCUT2D eigenvalue weighted by Gasteiger charge is -2.29. The van der Waals surface area contributed by atoms with E-state index in [4.69, 9.17) is 5.73 Å². The van der Waals surface area contributed by atoms with Crippen LogP contribution in [0.25, 0.3) is 11.1 Å². The van der Waals surface area contributed by atoms with Gasteiger partial charge in [0.25, 0.3) is 0 Å². The Hall–Kier alpha value is -1.71. The molecule has 1 heterocycles. The zero-order chi connectivity index (χ0) is 21.6. The molecule has 29 heavy (non-hydrogen) atoms. The van der Waals surface area contributed by atoms with Crippen LogP contribution >= 0.6 is 11.8 Å². The number of rotatable bonds is 3. The van der Waals surface area contributed by atoms with E-state index < -0.39 is 0 Å². The van der Waals surface area contributed by atoms with Gasteiger partial charge >= 0.3 is 0 Å². The van der Waals surface area contributed by atoms with Gasteiger partial charge in [-0.25, -0.2) is 0 Å². The summed E-state index contributed by atoms with van der Waals surface area (Å²) < 4.78 is 0. The second-order valence-corrected chi connectivity index (χ2v) is 11.3. The molecule has 1 aliphatic heterocycles. The minimum atomic E-state index is 0.0948. The molecule has 2 N–H and O–H groups in total. The van der Waals surface area contributed by atoms with E-state index in [1.807, 2.05) is 11.8 Å². The standard InChI is InChI=1S/C26H36N2S/c1-17-18(2)29-16-28(17)24-19(15-27)10-9-11-23(24)20-12-21(25(3,4)5)14-22(13-20)26(6,7)8/h9-14H,15-16,27H2,1-8H3. The SMILES string of the molecule is CC1=C(C)N(c2c(CN)cccc2-c2cc(C(C)(C)C)cc(C(C)(C)C)c2)CS1. The number of anilines is 1. The molecule has 0 saturated carbocycles. The molecule has 0 fully saturated rings. The molecule has 0 aromatic heterocycles. The fraction of sp³-hybridized carbons (Fsp3) is 0.462. The number of nitrogens with two attached hydrogens (primary N) is 1. The fourth-order valence-electron chi connectivity index (χ4n) is 3.74. The maximum atomic E-state index is 6.19. The molecule has 0 atom stereocenters. The summed E-state index contributed by atoms with van der Waals surface area (Å²) in [5.74, 6) is 0.951. The van der Waals surface area contributed by atoms with Gasteiger partial charge in [0.05, 0.1) is 11.6 Å². The number of para-hydroxylation sites is 1. The Bertz CT molecular complexity index is 910. The highest BCUT2D eigenvalue weighted by molar-refractivity contribution is 8.03. The van der Waals surface area contributed by atoms with Crippen LogP contribution in [0.3, 0.4) is 0 Å². The summed E-state index contributed by atoms with van der Waals surface area (Å²) in [7, 11) is 0. The van der Waals surface area contributed by atoms with Gasteiger partial charge in [-0.3, -0.25) is 0 Å². The maximum Gasteiger partial charge on any atom is 0.0729 e. The molecule has 3 heteroatoms. The lowest BCUT2D eigenvalue weighted by molar-refractivity contribution is 0.569. The van der Waals surface area contributed by atoms with Crippen molar-refractivity contribution in [2.75, 3.05) is 10.8 Å². The van der Waals surface area contributed by atoms with Gasteiger partial charge in [-0.15, -0.1) is 11.8 Å². The molecule has 0 aliphatic carbocycles. The van der Waals surface area contributed by atoms with Crippen molar-refractivity contribution in [3.05, 3.63) is 63.7 Å². The molecule has 0 saturated heterocycles. The Morgan fingerprint density at radius 3 is 1.97 bits per heavy atom.